The fourth-order valence-corrected chi connectivity index (χ4v) is 1.06. The molecule has 102 valence electrons. The van der Waals surface area contributed by atoms with Gasteiger partial charge in [-0.3, -0.25) is 0 Å². The van der Waals surface area contributed by atoms with Crippen molar-refractivity contribution in [2.45, 2.75) is 6.92 Å². The number of nitrogens with zero attached hydrogens (tertiary/aromatic N) is 1. The van der Waals surface area contributed by atoms with Crippen molar-refractivity contribution in [3.63, 3.8) is 0 Å². The maximum atomic E-state index is 8.28. The molecule has 0 saturated carbocycles. The molecule has 0 unspecified atom stereocenters. The Hall–Kier alpha value is -2.07. The normalized spacial score (nSPS) is 6.40. The molecule has 0 fully saturated rings. The second kappa shape index (κ2) is 19.3. The molecule has 0 spiro atoms. The molecule has 20 heavy (non-hydrogen) atoms. The smallest absolute Gasteiger partial charge is 0.214 e. The summed E-state index contributed by atoms with van der Waals surface area (Å²) in [7, 11) is 0. The van der Waals surface area contributed by atoms with E-state index in [0.717, 1.165) is 5.56 Å². The van der Waals surface area contributed by atoms with Crippen LogP contribution in [-0.4, -0.2) is 0 Å². The Balaban J connectivity index is -0.000000246. The summed E-state index contributed by atoms with van der Waals surface area (Å²) >= 11 is 0. The van der Waals surface area contributed by atoms with Crippen molar-refractivity contribution in [1.29, 1.82) is 5.26 Å². The standard InChI is InChI=1S/C9H8N.C5H5.2CO.Fe/c1-8-2-4-9(5-3-8)6-7-10;1-2-4-5-3-1;2*1-2;/h2-6H,1H3;1-5H;;;/q2*-1;;;+2. The van der Waals surface area contributed by atoms with Crippen LogP contribution in [0.4, 0.5) is 0 Å². The Morgan fingerprint density at radius 2 is 1.50 bits per heavy atom. The Kier molecular flexibility index (Phi) is 22.2. The molecule has 0 aliphatic rings. The number of rotatable bonds is 1. The van der Waals surface area contributed by atoms with Crippen LogP contribution in [0.25, 0.3) is 0 Å². The van der Waals surface area contributed by atoms with Crippen LogP contribution in [0.2, 0.25) is 0 Å². The first-order valence-electron chi connectivity index (χ1n) is 5.20. The van der Waals surface area contributed by atoms with E-state index < -0.39 is 0 Å². The van der Waals surface area contributed by atoms with Gasteiger partial charge in [-0.15, -0.1) is 12.1 Å². The molecule has 2 rings (SSSR count). The van der Waals surface area contributed by atoms with E-state index in [9.17, 15) is 0 Å². The topological polar surface area (TPSA) is 63.6 Å². The van der Waals surface area contributed by atoms with E-state index in [-0.39, 0.29) is 17.1 Å². The zero-order valence-electron chi connectivity index (χ0n) is 10.9. The molecule has 2 aromatic carbocycles. The van der Waals surface area contributed by atoms with E-state index in [1.165, 1.54) is 12.0 Å². The number of benzene rings is 1. The second-order valence-electron chi connectivity index (χ2n) is 3.15. The van der Waals surface area contributed by atoms with Gasteiger partial charge in [0.1, 0.15) is 0 Å². The van der Waals surface area contributed by atoms with E-state index in [2.05, 4.69) is 13.3 Å². The van der Waals surface area contributed by atoms with Gasteiger partial charge in [-0.05, 0) is 6.92 Å². The summed E-state index contributed by atoms with van der Waals surface area (Å²) in [4.78, 5) is 0. The second-order valence-corrected chi connectivity index (χ2v) is 3.15. The van der Waals surface area contributed by atoms with Gasteiger partial charge in [-0.1, -0.05) is 12.0 Å². The monoisotopic (exact) mass is 307 g/mol. The minimum absolute atomic E-state index is 0. The average molecular weight is 307 g/mol. The molecule has 0 saturated heterocycles. The predicted octanol–water partition coefficient (Wildman–Crippen LogP) is 3.40. The number of hydrogen-bond donors (Lipinski definition) is 0. The summed E-state index contributed by atoms with van der Waals surface area (Å²) in [6.07, 6.45) is 1.53. The maximum absolute atomic E-state index is 8.28. The quantitative estimate of drug-likeness (QED) is 0.452. The van der Waals surface area contributed by atoms with Crippen LogP contribution in [0.3, 0.4) is 0 Å². The molecule has 0 heterocycles. The van der Waals surface area contributed by atoms with Crippen molar-refractivity contribution in [3.05, 3.63) is 85.4 Å². The molecular formula is C16H13FeNO2. The van der Waals surface area contributed by atoms with Crippen molar-refractivity contribution in [1.82, 2.24) is 0 Å². The number of aryl methyl sites for hydroxylation is 1. The zero-order valence-corrected chi connectivity index (χ0v) is 12.0. The van der Waals surface area contributed by atoms with Crippen molar-refractivity contribution in [2.75, 3.05) is 0 Å². The Morgan fingerprint density at radius 1 is 1.05 bits per heavy atom. The summed E-state index contributed by atoms with van der Waals surface area (Å²) < 4.78 is 15.0. The van der Waals surface area contributed by atoms with E-state index in [1.807, 2.05) is 67.6 Å². The Morgan fingerprint density at radius 3 is 1.80 bits per heavy atom. The third-order valence-electron chi connectivity index (χ3n) is 1.86. The molecule has 0 aliphatic heterocycles. The zero-order chi connectivity index (χ0) is 14.9. The van der Waals surface area contributed by atoms with Gasteiger partial charge in [0.15, 0.2) is 0 Å². The third kappa shape index (κ3) is 14.0. The minimum atomic E-state index is 0. The molecule has 0 aliphatic carbocycles. The van der Waals surface area contributed by atoms with E-state index >= 15 is 0 Å². The first-order chi connectivity index (χ1) is 9.33. The first-order valence-corrected chi connectivity index (χ1v) is 5.20. The van der Waals surface area contributed by atoms with Gasteiger partial charge in [-0.25, -0.2) is 17.4 Å². The van der Waals surface area contributed by atoms with Gasteiger partial charge in [0.2, 0.25) is 0 Å². The van der Waals surface area contributed by atoms with Crippen LogP contribution in [0.15, 0.2) is 54.6 Å². The van der Waals surface area contributed by atoms with Crippen molar-refractivity contribution in [3.8, 4) is 6.07 Å². The largest absolute Gasteiger partial charge is 2.00 e. The van der Waals surface area contributed by atoms with Crippen LogP contribution in [0.1, 0.15) is 11.1 Å². The van der Waals surface area contributed by atoms with Crippen LogP contribution in [0, 0.1) is 38.0 Å². The summed E-state index contributed by atoms with van der Waals surface area (Å²) in [6, 6.07) is 19.8. The predicted molar refractivity (Wildman–Crippen MR) is 70.1 cm³/mol. The minimum Gasteiger partial charge on any atom is -0.214 e. The van der Waals surface area contributed by atoms with Gasteiger partial charge >= 0.3 is 39.7 Å². The maximum Gasteiger partial charge on any atom is 2.00 e. The molecule has 2 aromatic rings. The Labute approximate surface area is 130 Å². The molecule has 0 bridgehead atoms. The van der Waals surface area contributed by atoms with Crippen LogP contribution < -0.4 is 0 Å². The molecule has 0 amide bonds. The first kappa shape index (κ1) is 23.1. The van der Waals surface area contributed by atoms with Crippen LogP contribution in [-0.2, 0) is 26.4 Å². The molecule has 3 nitrogen and oxygen atoms in total. The van der Waals surface area contributed by atoms with Crippen molar-refractivity contribution >= 4 is 0 Å². The summed E-state index contributed by atoms with van der Waals surface area (Å²) in [6.45, 7) is 11.0. The van der Waals surface area contributed by atoms with E-state index in [1.54, 1.807) is 0 Å². The van der Waals surface area contributed by atoms with Gasteiger partial charge in [-0.2, -0.15) is 35.9 Å². The van der Waals surface area contributed by atoms with Crippen molar-refractivity contribution < 1.29 is 26.4 Å². The fourth-order valence-electron chi connectivity index (χ4n) is 1.06. The summed E-state index contributed by atoms with van der Waals surface area (Å²) in [5.74, 6) is 0. The van der Waals surface area contributed by atoms with E-state index in [0.29, 0.717) is 0 Å². The fraction of sp³-hybridized carbons (Fsp3) is 0.0625. The van der Waals surface area contributed by atoms with Crippen LogP contribution in [0.5, 0.6) is 0 Å². The molecule has 0 aromatic heterocycles. The van der Waals surface area contributed by atoms with Crippen LogP contribution >= 0.6 is 0 Å². The van der Waals surface area contributed by atoms with Gasteiger partial charge < -0.3 is 0 Å². The van der Waals surface area contributed by atoms with Crippen molar-refractivity contribution in [2.24, 2.45) is 0 Å². The molecule has 0 N–H and O–H groups in total. The van der Waals surface area contributed by atoms with Gasteiger partial charge in [0.25, 0.3) is 0 Å². The van der Waals surface area contributed by atoms with E-state index in [4.69, 9.17) is 14.6 Å². The molecule has 4 heteroatoms. The molecule has 0 atom stereocenters. The number of nitriles is 1. The third-order valence-corrected chi connectivity index (χ3v) is 1.86. The molecule has 0 radical (unpaired) electrons. The number of hydrogen-bond acceptors (Lipinski definition) is 1. The van der Waals surface area contributed by atoms with Gasteiger partial charge in [0.05, 0.1) is 0 Å². The Bertz CT molecular complexity index is 455. The molecular weight excluding hydrogens is 294 g/mol. The van der Waals surface area contributed by atoms with Gasteiger partial charge in [0, 0.05) is 6.07 Å². The average Bonchev–Trinajstić information content (AvgIpc) is 3.06. The summed E-state index contributed by atoms with van der Waals surface area (Å²) in [5.41, 5.74) is 2.18. The SMILES string of the molecule is Cc1ccc([CH-]C#N)cc1.[C-]#[O+].[C-]#[O+].[Fe+2].c1cc[cH-]c1. The summed E-state index contributed by atoms with van der Waals surface area (Å²) in [5, 5.41) is 8.28.